The summed E-state index contributed by atoms with van der Waals surface area (Å²) >= 11 is 0. The summed E-state index contributed by atoms with van der Waals surface area (Å²) < 4.78 is 7.06. The average Bonchev–Trinajstić information content (AvgIpc) is 3.44. The molecule has 0 radical (unpaired) electrons. The van der Waals surface area contributed by atoms with Crippen molar-refractivity contribution in [3.05, 3.63) is 72.4 Å². The largest absolute Gasteiger partial charge is 0.336 e. The van der Waals surface area contributed by atoms with Gasteiger partial charge in [-0.2, -0.15) is 4.98 Å². The monoisotopic (exact) mass is 386 g/mol. The van der Waals surface area contributed by atoms with E-state index in [0.717, 1.165) is 18.5 Å². The standard InChI is InChI=1S/C21H18N6O2/c28-19(27-10-7-15-3-1-2-4-17(15)11-27)13-26-12-18(23-14-26)20-24-21(29-25-20)16-5-8-22-9-6-16/h1-6,8-9,12,14H,7,10-11,13H2. The van der Waals surface area contributed by atoms with Crippen LogP contribution in [0.3, 0.4) is 0 Å². The topological polar surface area (TPSA) is 89.9 Å². The van der Waals surface area contributed by atoms with E-state index >= 15 is 0 Å². The first-order valence-electron chi connectivity index (χ1n) is 9.37. The molecule has 0 saturated heterocycles. The highest BCUT2D eigenvalue weighted by atomic mass is 16.5. The van der Waals surface area contributed by atoms with Gasteiger partial charge in [0.25, 0.3) is 5.89 Å². The highest BCUT2D eigenvalue weighted by Crippen LogP contribution is 2.21. The molecule has 0 fully saturated rings. The summed E-state index contributed by atoms with van der Waals surface area (Å²) in [5, 5.41) is 3.99. The third kappa shape index (κ3) is 3.52. The third-order valence-corrected chi connectivity index (χ3v) is 5.02. The maximum Gasteiger partial charge on any atom is 0.258 e. The van der Waals surface area contributed by atoms with E-state index in [1.807, 2.05) is 17.0 Å². The van der Waals surface area contributed by atoms with Crippen LogP contribution in [0, 0.1) is 0 Å². The SMILES string of the molecule is O=C(Cn1cnc(-c2noc(-c3ccncc3)n2)c1)N1CCc2ccccc2C1. The minimum Gasteiger partial charge on any atom is -0.336 e. The van der Waals surface area contributed by atoms with E-state index in [1.54, 1.807) is 41.6 Å². The number of amides is 1. The van der Waals surface area contributed by atoms with Crippen molar-refractivity contribution in [3.8, 4) is 23.0 Å². The Kier molecular flexibility index (Phi) is 4.36. The lowest BCUT2D eigenvalue weighted by Crippen LogP contribution is -2.37. The molecule has 5 rings (SSSR count). The average molecular weight is 386 g/mol. The third-order valence-electron chi connectivity index (χ3n) is 5.02. The fraction of sp³-hybridized carbons (Fsp3) is 0.190. The number of carbonyl (C=O) groups excluding carboxylic acids is 1. The van der Waals surface area contributed by atoms with Crippen molar-refractivity contribution in [3.63, 3.8) is 0 Å². The van der Waals surface area contributed by atoms with Gasteiger partial charge in [-0.3, -0.25) is 9.78 Å². The lowest BCUT2D eigenvalue weighted by Gasteiger charge is -2.29. The first-order valence-corrected chi connectivity index (χ1v) is 9.37. The Morgan fingerprint density at radius 2 is 1.93 bits per heavy atom. The van der Waals surface area contributed by atoms with E-state index in [2.05, 4.69) is 32.2 Å². The zero-order valence-corrected chi connectivity index (χ0v) is 15.6. The Balaban J connectivity index is 1.27. The van der Waals surface area contributed by atoms with Gasteiger partial charge in [-0.25, -0.2) is 4.98 Å². The molecule has 4 heterocycles. The first kappa shape index (κ1) is 17.3. The molecule has 8 heteroatoms. The lowest BCUT2D eigenvalue weighted by atomic mass is 10.00. The molecule has 0 saturated carbocycles. The van der Waals surface area contributed by atoms with Gasteiger partial charge in [0.15, 0.2) is 0 Å². The molecule has 4 aromatic rings. The van der Waals surface area contributed by atoms with Crippen LogP contribution in [-0.4, -0.2) is 42.0 Å². The Morgan fingerprint density at radius 1 is 1.10 bits per heavy atom. The molecule has 29 heavy (non-hydrogen) atoms. The van der Waals surface area contributed by atoms with Crippen LogP contribution < -0.4 is 0 Å². The summed E-state index contributed by atoms with van der Waals surface area (Å²) in [6.07, 6.45) is 7.60. The molecule has 144 valence electrons. The van der Waals surface area contributed by atoms with Gasteiger partial charge in [-0.05, 0) is 29.7 Å². The van der Waals surface area contributed by atoms with Gasteiger partial charge in [0.1, 0.15) is 12.2 Å². The summed E-state index contributed by atoms with van der Waals surface area (Å²) in [7, 11) is 0. The van der Waals surface area contributed by atoms with E-state index in [0.29, 0.717) is 24.0 Å². The molecule has 1 aliphatic rings. The van der Waals surface area contributed by atoms with Crippen LogP contribution in [0.4, 0.5) is 0 Å². The highest BCUT2D eigenvalue weighted by Gasteiger charge is 2.21. The number of rotatable bonds is 4. The van der Waals surface area contributed by atoms with Gasteiger partial charge in [0.2, 0.25) is 11.7 Å². The van der Waals surface area contributed by atoms with Crippen molar-refractivity contribution in [1.29, 1.82) is 0 Å². The number of imidazole rings is 1. The number of nitrogens with zero attached hydrogens (tertiary/aromatic N) is 6. The number of hydrogen-bond acceptors (Lipinski definition) is 6. The smallest absolute Gasteiger partial charge is 0.258 e. The normalized spacial score (nSPS) is 13.3. The highest BCUT2D eigenvalue weighted by molar-refractivity contribution is 5.76. The Labute approximate surface area is 166 Å². The number of fused-ring (bicyclic) bond motifs is 1. The Morgan fingerprint density at radius 3 is 2.79 bits per heavy atom. The molecule has 1 amide bonds. The van der Waals surface area contributed by atoms with Crippen LogP contribution in [0.5, 0.6) is 0 Å². The number of carbonyl (C=O) groups is 1. The number of hydrogen-bond donors (Lipinski definition) is 0. The van der Waals surface area contributed by atoms with Gasteiger partial charge < -0.3 is 14.0 Å². The van der Waals surface area contributed by atoms with E-state index < -0.39 is 0 Å². The quantitative estimate of drug-likeness (QED) is 0.535. The van der Waals surface area contributed by atoms with Crippen LogP contribution in [0.1, 0.15) is 11.1 Å². The molecule has 1 aromatic carbocycles. The molecule has 0 spiro atoms. The van der Waals surface area contributed by atoms with Gasteiger partial charge in [0.05, 0.1) is 6.33 Å². The van der Waals surface area contributed by atoms with Crippen molar-refractivity contribution in [2.24, 2.45) is 0 Å². The van der Waals surface area contributed by atoms with Crippen molar-refractivity contribution in [2.75, 3.05) is 6.54 Å². The van der Waals surface area contributed by atoms with Crippen molar-refractivity contribution in [2.45, 2.75) is 19.5 Å². The van der Waals surface area contributed by atoms with Crippen molar-refractivity contribution in [1.82, 2.24) is 29.6 Å². The fourth-order valence-corrected chi connectivity index (χ4v) is 3.47. The van der Waals surface area contributed by atoms with Crippen LogP contribution in [0.25, 0.3) is 23.0 Å². The summed E-state index contributed by atoms with van der Waals surface area (Å²) in [4.78, 5) is 27.3. The summed E-state index contributed by atoms with van der Waals surface area (Å²) in [5.41, 5.74) is 3.89. The summed E-state index contributed by atoms with van der Waals surface area (Å²) in [5.74, 6) is 0.851. The van der Waals surface area contributed by atoms with Crippen molar-refractivity contribution >= 4 is 5.91 Å². The van der Waals surface area contributed by atoms with Gasteiger partial charge in [-0.1, -0.05) is 29.4 Å². The molecule has 0 aliphatic carbocycles. The molecule has 0 bridgehead atoms. The van der Waals surface area contributed by atoms with Gasteiger partial charge >= 0.3 is 0 Å². The predicted molar refractivity (Wildman–Crippen MR) is 104 cm³/mol. The zero-order valence-electron chi connectivity index (χ0n) is 15.6. The van der Waals surface area contributed by atoms with Gasteiger partial charge in [-0.15, -0.1) is 0 Å². The van der Waals surface area contributed by atoms with E-state index in [-0.39, 0.29) is 12.5 Å². The van der Waals surface area contributed by atoms with Crippen LogP contribution >= 0.6 is 0 Å². The maximum atomic E-state index is 12.7. The molecule has 8 nitrogen and oxygen atoms in total. The molecule has 0 atom stereocenters. The number of aromatic nitrogens is 5. The minimum atomic E-state index is 0.0639. The Hall–Kier alpha value is -3.81. The Bertz CT molecular complexity index is 1150. The minimum absolute atomic E-state index is 0.0639. The molecular weight excluding hydrogens is 368 g/mol. The van der Waals surface area contributed by atoms with Crippen LogP contribution in [-0.2, 0) is 24.3 Å². The van der Waals surface area contributed by atoms with E-state index in [4.69, 9.17) is 4.52 Å². The molecule has 0 unspecified atom stereocenters. The van der Waals surface area contributed by atoms with E-state index in [9.17, 15) is 4.79 Å². The van der Waals surface area contributed by atoms with Crippen molar-refractivity contribution < 1.29 is 9.32 Å². The lowest BCUT2D eigenvalue weighted by molar-refractivity contribution is -0.132. The van der Waals surface area contributed by atoms with Crippen LogP contribution in [0.2, 0.25) is 0 Å². The molecule has 1 aliphatic heterocycles. The second kappa shape index (κ2) is 7.31. The summed E-state index contributed by atoms with van der Waals surface area (Å²) in [6.45, 7) is 1.61. The number of benzene rings is 1. The molecular formula is C21H18N6O2. The number of pyridine rings is 1. The van der Waals surface area contributed by atoms with Gasteiger partial charge in [0, 0.05) is 37.2 Å². The predicted octanol–water partition coefficient (Wildman–Crippen LogP) is 2.58. The zero-order chi connectivity index (χ0) is 19.6. The second-order valence-electron chi connectivity index (χ2n) is 6.92. The second-order valence-corrected chi connectivity index (χ2v) is 6.92. The molecule has 3 aromatic heterocycles. The summed E-state index contributed by atoms with van der Waals surface area (Å²) in [6, 6.07) is 11.9. The van der Waals surface area contributed by atoms with E-state index in [1.165, 1.54) is 11.1 Å². The first-order chi connectivity index (χ1) is 14.3. The van der Waals surface area contributed by atoms with Crippen LogP contribution in [0.15, 0.2) is 65.8 Å². The maximum absolute atomic E-state index is 12.7. The molecule has 0 N–H and O–H groups in total. The fourth-order valence-electron chi connectivity index (χ4n) is 3.47.